The average molecular weight is 155 g/mol. The van der Waals surface area contributed by atoms with Crippen LogP contribution in [0.25, 0.3) is 0 Å². The van der Waals surface area contributed by atoms with Crippen molar-refractivity contribution in [2.45, 2.75) is 20.8 Å². The van der Waals surface area contributed by atoms with Gasteiger partial charge >= 0.3 is 0 Å². The minimum absolute atomic E-state index is 0.558. The number of aromatic nitrogens is 1. The fourth-order valence-electron chi connectivity index (χ4n) is 0.737. The van der Waals surface area contributed by atoms with Gasteiger partial charge in [0.05, 0.1) is 6.20 Å². The van der Waals surface area contributed by atoms with E-state index in [0.717, 1.165) is 11.1 Å². The van der Waals surface area contributed by atoms with Gasteiger partial charge in [-0.3, -0.25) is 0 Å². The van der Waals surface area contributed by atoms with Crippen molar-refractivity contribution in [2.24, 2.45) is 0 Å². The van der Waals surface area contributed by atoms with Gasteiger partial charge in [0.25, 0.3) is 0 Å². The molecule has 0 bridgehead atoms. The van der Waals surface area contributed by atoms with E-state index in [9.17, 15) is 0 Å². The van der Waals surface area contributed by atoms with Gasteiger partial charge in [-0.2, -0.15) is 0 Å². The summed E-state index contributed by atoms with van der Waals surface area (Å²) in [6.45, 7) is 5.96. The number of aryl methyl sites for hydroxylation is 1. The molecule has 1 heterocycles. The zero-order chi connectivity index (χ0) is 7.72. The number of hydrogen-bond donors (Lipinski definition) is 0. The summed E-state index contributed by atoms with van der Waals surface area (Å²) in [6, 6.07) is 0. The highest BCUT2D eigenvalue weighted by molar-refractivity contribution is 6.30. The van der Waals surface area contributed by atoms with Crippen molar-refractivity contribution >= 4 is 11.6 Å². The summed E-state index contributed by atoms with van der Waals surface area (Å²) >= 11 is 5.74. The third-order valence-corrected chi connectivity index (χ3v) is 2.12. The molecule has 1 aromatic heterocycles. The van der Waals surface area contributed by atoms with Gasteiger partial charge in [-0.25, -0.2) is 4.98 Å². The highest BCUT2D eigenvalue weighted by Gasteiger charge is 2.01. The lowest BCUT2D eigenvalue weighted by atomic mass is 10.1. The fraction of sp³-hybridized carbons (Fsp3) is 0.375. The molecule has 0 saturated carbocycles. The Labute approximate surface area is 66.0 Å². The first-order valence-corrected chi connectivity index (χ1v) is 3.51. The molecule has 0 aliphatic carbocycles. The Morgan fingerprint density at radius 2 is 1.80 bits per heavy atom. The van der Waals surface area contributed by atoms with Gasteiger partial charge in [-0.1, -0.05) is 11.6 Å². The van der Waals surface area contributed by atoms with E-state index in [4.69, 9.17) is 11.6 Å². The lowest BCUT2D eigenvalue weighted by Gasteiger charge is -2.02. The van der Waals surface area contributed by atoms with Crippen LogP contribution in [0.4, 0.5) is 0 Å². The molecular formula is C8H9ClN. The van der Waals surface area contributed by atoms with Crippen LogP contribution in [-0.2, 0) is 0 Å². The van der Waals surface area contributed by atoms with E-state index < -0.39 is 0 Å². The quantitative estimate of drug-likeness (QED) is 0.524. The summed E-state index contributed by atoms with van der Waals surface area (Å²) < 4.78 is 0. The lowest BCUT2D eigenvalue weighted by molar-refractivity contribution is 1.15. The predicted molar refractivity (Wildman–Crippen MR) is 42.3 cm³/mol. The van der Waals surface area contributed by atoms with E-state index >= 15 is 0 Å². The van der Waals surface area contributed by atoms with E-state index in [0.29, 0.717) is 5.15 Å². The molecule has 0 aliphatic heterocycles. The molecule has 2 heteroatoms. The Balaban J connectivity index is 3.34. The van der Waals surface area contributed by atoms with Gasteiger partial charge in [0.1, 0.15) is 5.15 Å². The molecule has 0 amide bonds. The van der Waals surface area contributed by atoms with Crippen molar-refractivity contribution < 1.29 is 0 Å². The monoisotopic (exact) mass is 154 g/mol. The second-order valence-electron chi connectivity index (χ2n) is 2.39. The standard InChI is InChI=1S/C8H9ClN/c1-5-4-10-8(9)7(3)6(5)2/h1-3H3. The maximum Gasteiger partial charge on any atom is 0.133 e. The number of halogens is 1. The SMILES string of the molecule is Cc1[c]nc(Cl)c(C)c1C. The Morgan fingerprint density at radius 3 is 2.30 bits per heavy atom. The molecule has 53 valence electrons. The van der Waals surface area contributed by atoms with Crippen LogP contribution in [0.2, 0.25) is 5.15 Å². The topological polar surface area (TPSA) is 12.9 Å². The third kappa shape index (κ3) is 1.14. The van der Waals surface area contributed by atoms with Crippen LogP contribution < -0.4 is 0 Å². The normalized spacial score (nSPS) is 10.0. The molecule has 0 aliphatic rings. The van der Waals surface area contributed by atoms with Crippen LogP contribution in [0.15, 0.2) is 0 Å². The number of pyridine rings is 1. The maximum atomic E-state index is 5.74. The molecule has 0 saturated heterocycles. The zero-order valence-corrected chi connectivity index (χ0v) is 7.08. The van der Waals surface area contributed by atoms with Gasteiger partial charge in [0.2, 0.25) is 0 Å². The van der Waals surface area contributed by atoms with Crippen molar-refractivity contribution in [1.82, 2.24) is 4.98 Å². The maximum absolute atomic E-state index is 5.74. The highest BCUT2D eigenvalue weighted by atomic mass is 35.5. The number of rotatable bonds is 0. The molecule has 0 aromatic carbocycles. The van der Waals surface area contributed by atoms with Crippen molar-refractivity contribution in [1.29, 1.82) is 0 Å². The van der Waals surface area contributed by atoms with Gasteiger partial charge in [-0.15, -0.1) is 0 Å². The molecule has 0 unspecified atom stereocenters. The number of nitrogens with zero attached hydrogens (tertiary/aromatic N) is 1. The molecule has 0 fully saturated rings. The molecule has 1 radical (unpaired) electrons. The van der Waals surface area contributed by atoms with Crippen molar-refractivity contribution in [2.75, 3.05) is 0 Å². The van der Waals surface area contributed by atoms with E-state index in [1.807, 2.05) is 20.8 Å². The van der Waals surface area contributed by atoms with Gasteiger partial charge < -0.3 is 0 Å². The Kier molecular flexibility index (Phi) is 1.95. The first-order valence-electron chi connectivity index (χ1n) is 3.14. The predicted octanol–water partition coefficient (Wildman–Crippen LogP) is 2.46. The van der Waals surface area contributed by atoms with E-state index in [1.165, 1.54) is 5.56 Å². The van der Waals surface area contributed by atoms with Crippen LogP contribution in [0.5, 0.6) is 0 Å². The smallest absolute Gasteiger partial charge is 0.133 e. The highest BCUT2D eigenvalue weighted by Crippen LogP contribution is 2.17. The minimum atomic E-state index is 0.558. The fourth-order valence-corrected chi connectivity index (χ4v) is 0.921. The van der Waals surface area contributed by atoms with E-state index in [1.54, 1.807) is 0 Å². The summed E-state index contributed by atoms with van der Waals surface area (Å²) in [6.07, 6.45) is 2.83. The Hall–Kier alpha value is -0.560. The van der Waals surface area contributed by atoms with E-state index in [-0.39, 0.29) is 0 Å². The van der Waals surface area contributed by atoms with E-state index in [2.05, 4.69) is 11.2 Å². The van der Waals surface area contributed by atoms with Crippen molar-refractivity contribution in [3.63, 3.8) is 0 Å². The minimum Gasteiger partial charge on any atom is -0.234 e. The first kappa shape index (κ1) is 7.55. The van der Waals surface area contributed by atoms with Crippen LogP contribution in [0.1, 0.15) is 16.7 Å². The summed E-state index contributed by atoms with van der Waals surface area (Å²) in [5.41, 5.74) is 3.31. The zero-order valence-electron chi connectivity index (χ0n) is 6.33. The third-order valence-electron chi connectivity index (χ3n) is 1.76. The molecule has 0 atom stereocenters. The number of hydrogen-bond acceptors (Lipinski definition) is 1. The molecular weight excluding hydrogens is 146 g/mol. The second kappa shape index (κ2) is 2.59. The average Bonchev–Trinajstić information content (AvgIpc) is 1.93. The van der Waals surface area contributed by atoms with Gasteiger partial charge in [0, 0.05) is 0 Å². The van der Waals surface area contributed by atoms with Crippen LogP contribution >= 0.6 is 11.6 Å². The molecule has 0 N–H and O–H groups in total. The Morgan fingerprint density at radius 1 is 1.20 bits per heavy atom. The van der Waals surface area contributed by atoms with Gasteiger partial charge in [-0.05, 0) is 37.5 Å². The summed E-state index contributed by atoms with van der Waals surface area (Å²) in [5, 5.41) is 0.558. The first-order chi connectivity index (χ1) is 4.63. The molecule has 10 heavy (non-hydrogen) atoms. The summed E-state index contributed by atoms with van der Waals surface area (Å²) in [7, 11) is 0. The molecule has 1 aromatic rings. The van der Waals surface area contributed by atoms with Gasteiger partial charge in [0.15, 0.2) is 0 Å². The summed E-state index contributed by atoms with van der Waals surface area (Å²) in [5.74, 6) is 0. The molecule has 1 nitrogen and oxygen atoms in total. The lowest BCUT2D eigenvalue weighted by Crippen LogP contribution is -1.90. The Bertz CT molecular complexity index is 229. The second-order valence-corrected chi connectivity index (χ2v) is 2.75. The summed E-state index contributed by atoms with van der Waals surface area (Å²) in [4.78, 5) is 3.88. The molecule has 0 spiro atoms. The van der Waals surface area contributed by atoms with Crippen LogP contribution in [-0.4, -0.2) is 4.98 Å². The largest absolute Gasteiger partial charge is 0.234 e. The van der Waals surface area contributed by atoms with Crippen molar-refractivity contribution in [3.8, 4) is 0 Å². The molecule has 1 rings (SSSR count). The van der Waals surface area contributed by atoms with Crippen molar-refractivity contribution in [3.05, 3.63) is 28.0 Å². The van der Waals surface area contributed by atoms with Crippen LogP contribution in [0, 0.1) is 27.0 Å². The van der Waals surface area contributed by atoms with Crippen LogP contribution in [0.3, 0.4) is 0 Å².